The standard InChI is InChI=1S/C55H38N2/c1-3-15-37(16-4-1)38-27-29-40(30-28-38)56(42-32-34-48-47-22-10-14-26-53(47)57(54(48)36-42)39-17-5-2-6-18-39)41-31-33-46-45-21-9-13-25-51(45)55(52(46)35-41)49-23-11-7-19-43(49)44-20-8-12-24-50(44)55/h1-23,25-36,50H,24H2. The van der Waals surface area contributed by atoms with E-state index in [0.717, 1.165) is 29.2 Å². The lowest BCUT2D eigenvalue weighted by Crippen LogP contribution is -2.32. The van der Waals surface area contributed by atoms with Crippen LogP contribution in [0.15, 0.2) is 212 Å². The van der Waals surface area contributed by atoms with Crippen molar-refractivity contribution in [2.75, 3.05) is 4.90 Å². The molecule has 12 rings (SSSR count). The maximum Gasteiger partial charge on any atom is 0.0561 e. The summed E-state index contributed by atoms with van der Waals surface area (Å²) in [6.07, 6.45) is 8.00. The fourth-order valence-electron chi connectivity index (χ4n) is 10.5. The maximum atomic E-state index is 2.52. The van der Waals surface area contributed by atoms with Gasteiger partial charge in [0.05, 0.1) is 16.4 Å². The van der Waals surface area contributed by atoms with Gasteiger partial charge >= 0.3 is 0 Å². The summed E-state index contributed by atoms with van der Waals surface area (Å²) in [5, 5.41) is 2.50. The van der Waals surface area contributed by atoms with E-state index >= 15 is 0 Å². The van der Waals surface area contributed by atoms with Gasteiger partial charge in [0.2, 0.25) is 0 Å². The summed E-state index contributed by atoms with van der Waals surface area (Å²) in [6.45, 7) is 0. The molecule has 0 amide bonds. The second kappa shape index (κ2) is 12.4. The fraction of sp³-hybridized carbons (Fsp3) is 0.0545. The molecule has 57 heavy (non-hydrogen) atoms. The second-order valence-electron chi connectivity index (χ2n) is 15.6. The number of rotatable bonds is 5. The molecule has 0 saturated heterocycles. The minimum Gasteiger partial charge on any atom is -0.310 e. The molecule has 1 heterocycles. The van der Waals surface area contributed by atoms with Gasteiger partial charge in [0, 0.05) is 39.4 Å². The Morgan fingerprint density at radius 2 is 1.05 bits per heavy atom. The van der Waals surface area contributed by atoms with E-state index in [4.69, 9.17) is 0 Å². The summed E-state index contributed by atoms with van der Waals surface area (Å²) < 4.78 is 2.42. The zero-order chi connectivity index (χ0) is 37.5. The van der Waals surface area contributed by atoms with Gasteiger partial charge in [-0.1, -0.05) is 158 Å². The predicted octanol–water partition coefficient (Wildman–Crippen LogP) is 14.2. The van der Waals surface area contributed by atoms with Crippen molar-refractivity contribution in [1.29, 1.82) is 0 Å². The Balaban J connectivity index is 1.11. The molecule has 2 nitrogen and oxygen atoms in total. The molecule has 2 unspecified atom stereocenters. The first-order valence-corrected chi connectivity index (χ1v) is 20.0. The van der Waals surface area contributed by atoms with E-state index in [9.17, 15) is 0 Å². The molecule has 8 aromatic carbocycles. The van der Waals surface area contributed by atoms with Crippen molar-refractivity contribution in [3.63, 3.8) is 0 Å². The average molecular weight is 727 g/mol. The van der Waals surface area contributed by atoms with Crippen LogP contribution in [0.4, 0.5) is 17.1 Å². The molecule has 0 radical (unpaired) electrons. The van der Waals surface area contributed by atoms with E-state index < -0.39 is 0 Å². The van der Waals surface area contributed by atoms with Gasteiger partial charge in [-0.3, -0.25) is 0 Å². The highest BCUT2D eigenvalue weighted by Gasteiger charge is 2.56. The normalized spacial score (nSPS) is 17.3. The number of anilines is 3. The minimum absolute atomic E-state index is 0.290. The Hall–Kier alpha value is -7.16. The summed E-state index contributed by atoms with van der Waals surface area (Å²) in [5.74, 6) is 0.314. The lowest BCUT2D eigenvalue weighted by Gasteiger charge is -2.36. The first-order valence-electron chi connectivity index (χ1n) is 20.0. The Morgan fingerprint density at radius 3 is 1.88 bits per heavy atom. The van der Waals surface area contributed by atoms with Crippen molar-refractivity contribution < 1.29 is 0 Å². The van der Waals surface area contributed by atoms with Crippen LogP contribution in [0.25, 0.3) is 55.3 Å². The molecular formula is C55H38N2. The summed E-state index contributed by atoms with van der Waals surface area (Å²) >= 11 is 0. The molecule has 268 valence electrons. The number of benzene rings is 8. The van der Waals surface area contributed by atoms with Crippen LogP contribution in [-0.4, -0.2) is 4.57 Å². The van der Waals surface area contributed by atoms with Crippen LogP contribution in [0.2, 0.25) is 0 Å². The molecule has 2 atom stereocenters. The van der Waals surface area contributed by atoms with Gasteiger partial charge in [0.1, 0.15) is 0 Å². The Morgan fingerprint density at radius 1 is 0.456 bits per heavy atom. The highest BCUT2D eigenvalue weighted by molar-refractivity contribution is 6.10. The van der Waals surface area contributed by atoms with Gasteiger partial charge in [-0.25, -0.2) is 0 Å². The van der Waals surface area contributed by atoms with Crippen molar-refractivity contribution in [3.8, 4) is 27.9 Å². The monoisotopic (exact) mass is 726 g/mol. The number of nitrogens with zero attached hydrogens (tertiary/aromatic N) is 2. The third-order valence-electron chi connectivity index (χ3n) is 12.8. The van der Waals surface area contributed by atoms with Crippen LogP contribution in [0.3, 0.4) is 0 Å². The number of hydrogen-bond acceptors (Lipinski definition) is 1. The van der Waals surface area contributed by atoms with Gasteiger partial charge < -0.3 is 9.47 Å². The molecular weight excluding hydrogens is 689 g/mol. The number of hydrogen-bond donors (Lipinski definition) is 0. The molecule has 1 spiro atoms. The van der Waals surface area contributed by atoms with Crippen molar-refractivity contribution >= 4 is 44.4 Å². The average Bonchev–Trinajstić information content (AvgIpc) is 3.89. The van der Waals surface area contributed by atoms with Crippen LogP contribution in [0.1, 0.15) is 28.7 Å². The molecule has 0 aliphatic heterocycles. The maximum absolute atomic E-state index is 2.52. The lowest BCUT2D eigenvalue weighted by atomic mass is 9.65. The Bertz CT molecular complexity index is 3090. The van der Waals surface area contributed by atoms with Crippen LogP contribution in [-0.2, 0) is 5.41 Å². The Labute approximate surface area is 332 Å². The lowest BCUT2D eigenvalue weighted by molar-refractivity contribution is 0.495. The van der Waals surface area contributed by atoms with E-state index in [0.29, 0.717) is 5.92 Å². The number of fused-ring (bicyclic) bond motifs is 13. The highest BCUT2D eigenvalue weighted by Crippen LogP contribution is 2.65. The number of allylic oxidation sites excluding steroid dienone is 4. The summed E-state index contributed by atoms with van der Waals surface area (Å²) in [7, 11) is 0. The molecule has 1 aromatic heterocycles. The van der Waals surface area contributed by atoms with Gasteiger partial charge in [0.15, 0.2) is 0 Å². The van der Waals surface area contributed by atoms with E-state index in [2.05, 4.69) is 222 Å². The van der Waals surface area contributed by atoms with Crippen molar-refractivity contribution in [2.24, 2.45) is 5.92 Å². The van der Waals surface area contributed by atoms with Crippen molar-refractivity contribution in [2.45, 2.75) is 11.8 Å². The number of para-hydroxylation sites is 2. The highest BCUT2D eigenvalue weighted by atomic mass is 15.1. The van der Waals surface area contributed by atoms with E-state index in [1.165, 1.54) is 71.9 Å². The SMILES string of the molecule is C1=CCC2C(=C1)c1ccccc1C21c2ccccc2-c2ccc(N(c3ccc(-c4ccccc4)cc3)c3ccc4c5ccccc5n(-c5ccccc5)c4c3)cc21. The van der Waals surface area contributed by atoms with Gasteiger partial charge in [-0.15, -0.1) is 0 Å². The first kappa shape index (κ1) is 32.1. The van der Waals surface area contributed by atoms with E-state index in [1.54, 1.807) is 0 Å². The van der Waals surface area contributed by atoms with Crippen LogP contribution >= 0.6 is 0 Å². The van der Waals surface area contributed by atoms with Crippen molar-refractivity contribution in [3.05, 3.63) is 235 Å². The third-order valence-corrected chi connectivity index (χ3v) is 12.8. The smallest absolute Gasteiger partial charge is 0.0561 e. The second-order valence-corrected chi connectivity index (χ2v) is 15.6. The van der Waals surface area contributed by atoms with Crippen LogP contribution in [0.5, 0.6) is 0 Å². The van der Waals surface area contributed by atoms with Gasteiger partial charge in [-0.2, -0.15) is 0 Å². The van der Waals surface area contributed by atoms with Gasteiger partial charge in [-0.05, 0) is 111 Å². The topological polar surface area (TPSA) is 8.17 Å². The molecule has 2 heteroatoms. The quantitative estimate of drug-likeness (QED) is 0.171. The predicted molar refractivity (Wildman–Crippen MR) is 238 cm³/mol. The van der Waals surface area contributed by atoms with Crippen molar-refractivity contribution in [1.82, 2.24) is 4.57 Å². The van der Waals surface area contributed by atoms with Crippen LogP contribution < -0.4 is 4.90 Å². The third kappa shape index (κ3) is 4.59. The summed E-state index contributed by atoms with van der Waals surface area (Å²) in [5.41, 5.74) is 18.8. The Kier molecular flexibility index (Phi) is 7.00. The first-order chi connectivity index (χ1) is 28.3. The van der Waals surface area contributed by atoms with E-state index in [-0.39, 0.29) is 5.41 Å². The zero-order valence-corrected chi connectivity index (χ0v) is 31.4. The minimum atomic E-state index is -0.290. The summed E-state index contributed by atoms with van der Waals surface area (Å²) in [6, 6.07) is 71.9. The summed E-state index contributed by atoms with van der Waals surface area (Å²) in [4.78, 5) is 2.47. The zero-order valence-electron chi connectivity index (χ0n) is 31.4. The molecule has 0 bridgehead atoms. The largest absolute Gasteiger partial charge is 0.310 e. The molecule has 3 aliphatic rings. The molecule has 0 fully saturated rings. The van der Waals surface area contributed by atoms with Gasteiger partial charge in [0.25, 0.3) is 0 Å². The van der Waals surface area contributed by atoms with Crippen LogP contribution in [0, 0.1) is 5.92 Å². The molecule has 0 N–H and O–H groups in total. The van der Waals surface area contributed by atoms with E-state index in [1.807, 2.05) is 0 Å². The molecule has 3 aliphatic carbocycles. The fourth-order valence-corrected chi connectivity index (χ4v) is 10.5. The number of aromatic nitrogens is 1. The molecule has 0 saturated carbocycles. The molecule has 9 aromatic rings.